The fraction of sp³-hybridized carbons (Fsp3) is 0.333. The third kappa shape index (κ3) is 4.39. The lowest BCUT2D eigenvalue weighted by atomic mass is 10.1. The van der Waals surface area contributed by atoms with Gasteiger partial charge in [0.15, 0.2) is 11.5 Å². The molecule has 0 bridgehead atoms. The molecule has 0 unspecified atom stereocenters. The van der Waals surface area contributed by atoms with Crippen LogP contribution in [0.1, 0.15) is 40.1 Å². The maximum Gasteiger partial charge on any atom is 0.256 e. The Labute approximate surface area is 160 Å². The minimum Gasteiger partial charge on any atom is -0.493 e. The highest BCUT2D eigenvalue weighted by atomic mass is 16.5. The Morgan fingerprint density at radius 3 is 2.15 bits per heavy atom. The van der Waals surface area contributed by atoms with Crippen LogP contribution in [-0.4, -0.2) is 44.0 Å². The van der Waals surface area contributed by atoms with Crippen molar-refractivity contribution < 1.29 is 19.1 Å². The fourth-order valence-corrected chi connectivity index (χ4v) is 2.87. The molecule has 27 heavy (non-hydrogen) atoms. The number of carbonyl (C=O) groups excluding carboxylic acids is 2. The lowest BCUT2D eigenvalue weighted by molar-refractivity contribution is 0.0774. The summed E-state index contributed by atoms with van der Waals surface area (Å²) in [5, 5.41) is 2.86. The van der Waals surface area contributed by atoms with E-state index in [2.05, 4.69) is 5.32 Å². The molecule has 0 saturated heterocycles. The average molecular weight is 370 g/mol. The zero-order valence-corrected chi connectivity index (χ0v) is 16.5. The molecule has 2 amide bonds. The molecule has 0 aromatic heterocycles. The van der Waals surface area contributed by atoms with Gasteiger partial charge in [0, 0.05) is 18.7 Å². The number of nitrogens with zero attached hydrogens (tertiary/aromatic N) is 1. The third-order valence-electron chi connectivity index (χ3n) is 4.43. The van der Waals surface area contributed by atoms with Crippen molar-refractivity contribution in [2.45, 2.75) is 20.8 Å². The van der Waals surface area contributed by atoms with Crippen LogP contribution in [0, 0.1) is 6.92 Å². The van der Waals surface area contributed by atoms with Crippen molar-refractivity contribution in [3.63, 3.8) is 0 Å². The number of nitrogens with one attached hydrogen (secondary N) is 1. The first-order valence-corrected chi connectivity index (χ1v) is 8.89. The van der Waals surface area contributed by atoms with Crippen molar-refractivity contribution in [1.82, 2.24) is 4.90 Å². The van der Waals surface area contributed by atoms with Crippen molar-refractivity contribution >= 4 is 17.5 Å². The predicted octanol–water partition coefficient (Wildman–Crippen LogP) is 3.75. The second-order valence-corrected chi connectivity index (χ2v) is 6.00. The summed E-state index contributed by atoms with van der Waals surface area (Å²) >= 11 is 0. The molecule has 0 aliphatic heterocycles. The molecular formula is C21H26N2O4. The van der Waals surface area contributed by atoms with Gasteiger partial charge in [-0.05, 0) is 50.6 Å². The molecule has 0 saturated carbocycles. The predicted molar refractivity (Wildman–Crippen MR) is 106 cm³/mol. The van der Waals surface area contributed by atoms with Crippen LogP contribution >= 0.6 is 0 Å². The number of ether oxygens (including phenoxy) is 2. The van der Waals surface area contributed by atoms with E-state index in [-0.39, 0.29) is 11.8 Å². The van der Waals surface area contributed by atoms with E-state index in [1.54, 1.807) is 48.4 Å². The Balaban J connectivity index is 2.36. The number of hydrogen-bond donors (Lipinski definition) is 1. The van der Waals surface area contributed by atoms with Gasteiger partial charge in [-0.3, -0.25) is 9.59 Å². The van der Waals surface area contributed by atoms with Crippen LogP contribution in [-0.2, 0) is 0 Å². The SMILES string of the molecule is CCN(CC)C(=O)c1ccccc1NC(=O)c1cc(OC)c(OC)cc1C. The summed E-state index contributed by atoms with van der Waals surface area (Å²) in [7, 11) is 3.07. The molecule has 0 spiro atoms. The van der Waals surface area contributed by atoms with Crippen molar-refractivity contribution in [3.05, 3.63) is 53.1 Å². The second kappa shape index (κ2) is 9.07. The van der Waals surface area contributed by atoms with Gasteiger partial charge in [0.2, 0.25) is 0 Å². The van der Waals surface area contributed by atoms with E-state index < -0.39 is 0 Å². The number of para-hydroxylation sites is 1. The Kier molecular flexibility index (Phi) is 6.82. The molecular weight excluding hydrogens is 344 g/mol. The molecule has 144 valence electrons. The monoisotopic (exact) mass is 370 g/mol. The highest BCUT2D eigenvalue weighted by Crippen LogP contribution is 2.31. The molecule has 6 heteroatoms. The summed E-state index contributed by atoms with van der Waals surface area (Å²) in [5.41, 5.74) is 2.15. The van der Waals surface area contributed by atoms with E-state index in [0.29, 0.717) is 41.4 Å². The molecule has 2 rings (SSSR count). The summed E-state index contributed by atoms with van der Waals surface area (Å²) in [6.07, 6.45) is 0. The molecule has 2 aromatic rings. The summed E-state index contributed by atoms with van der Waals surface area (Å²) in [5.74, 6) is 0.609. The second-order valence-electron chi connectivity index (χ2n) is 6.00. The van der Waals surface area contributed by atoms with Gasteiger partial charge in [-0.25, -0.2) is 0 Å². The standard InChI is InChI=1S/C21H26N2O4/c1-6-23(7-2)21(25)15-10-8-9-11-17(15)22-20(24)16-13-19(27-5)18(26-4)12-14(16)3/h8-13H,6-7H2,1-5H3,(H,22,24). The van der Waals surface area contributed by atoms with Crippen LogP contribution in [0.2, 0.25) is 0 Å². The minimum absolute atomic E-state index is 0.111. The number of methoxy groups -OCH3 is 2. The first-order chi connectivity index (χ1) is 13.0. The fourth-order valence-electron chi connectivity index (χ4n) is 2.87. The van der Waals surface area contributed by atoms with E-state index in [9.17, 15) is 9.59 Å². The third-order valence-corrected chi connectivity index (χ3v) is 4.43. The summed E-state index contributed by atoms with van der Waals surface area (Å²) in [6, 6.07) is 10.4. The largest absolute Gasteiger partial charge is 0.493 e. The van der Waals surface area contributed by atoms with Crippen LogP contribution in [0.25, 0.3) is 0 Å². The molecule has 1 N–H and O–H groups in total. The quantitative estimate of drug-likeness (QED) is 0.806. The number of benzene rings is 2. The van der Waals surface area contributed by atoms with Gasteiger partial charge in [0.1, 0.15) is 0 Å². The number of rotatable bonds is 7. The molecule has 0 aliphatic rings. The zero-order chi connectivity index (χ0) is 20.0. The van der Waals surface area contributed by atoms with Gasteiger partial charge in [-0.15, -0.1) is 0 Å². The molecule has 6 nitrogen and oxygen atoms in total. The number of carbonyl (C=O) groups is 2. The number of aryl methyl sites for hydroxylation is 1. The maximum atomic E-state index is 12.9. The topological polar surface area (TPSA) is 67.9 Å². The van der Waals surface area contributed by atoms with E-state index in [1.165, 1.54) is 7.11 Å². The van der Waals surface area contributed by atoms with Crippen molar-refractivity contribution in [2.75, 3.05) is 32.6 Å². The summed E-state index contributed by atoms with van der Waals surface area (Å²) in [6.45, 7) is 6.88. The first-order valence-electron chi connectivity index (χ1n) is 8.89. The van der Waals surface area contributed by atoms with E-state index >= 15 is 0 Å². The van der Waals surface area contributed by atoms with Crippen LogP contribution in [0.4, 0.5) is 5.69 Å². The van der Waals surface area contributed by atoms with Crippen LogP contribution < -0.4 is 14.8 Å². The van der Waals surface area contributed by atoms with Crippen molar-refractivity contribution in [1.29, 1.82) is 0 Å². The average Bonchev–Trinajstić information content (AvgIpc) is 2.68. The molecule has 0 atom stereocenters. The lowest BCUT2D eigenvalue weighted by Gasteiger charge is -2.20. The smallest absolute Gasteiger partial charge is 0.256 e. The van der Waals surface area contributed by atoms with Crippen LogP contribution in [0.5, 0.6) is 11.5 Å². The van der Waals surface area contributed by atoms with Crippen molar-refractivity contribution in [3.8, 4) is 11.5 Å². The van der Waals surface area contributed by atoms with E-state index in [1.807, 2.05) is 20.8 Å². The number of anilines is 1. The summed E-state index contributed by atoms with van der Waals surface area (Å²) in [4.78, 5) is 27.3. The highest BCUT2D eigenvalue weighted by Gasteiger charge is 2.19. The lowest BCUT2D eigenvalue weighted by Crippen LogP contribution is -2.31. The van der Waals surface area contributed by atoms with Crippen LogP contribution in [0.3, 0.4) is 0 Å². The Morgan fingerprint density at radius 2 is 1.56 bits per heavy atom. The Bertz CT molecular complexity index is 829. The van der Waals surface area contributed by atoms with Gasteiger partial charge in [0.05, 0.1) is 25.5 Å². The summed E-state index contributed by atoms with van der Waals surface area (Å²) < 4.78 is 10.6. The molecule has 0 heterocycles. The molecule has 0 fully saturated rings. The van der Waals surface area contributed by atoms with Gasteiger partial charge < -0.3 is 19.7 Å². The molecule has 2 aromatic carbocycles. The van der Waals surface area contributed by atoms with Gasteiger partial charge in [0.25, 0.3) is 11.8 Å². The van der Waals surface area contributed by atoms with Gasteiger partial charge in [-0.1, -0.05) is 12.1 Å². The van der Waals surface area contributed by atoms with E-state index in [0.717, 1.165) is 5.56 Å². The van der Waals surface area contributed by atoms with Gasteiger partial charge >= 0.3 is 0 Å². The first kappa shape index (κ1) is 20.3. The minimum atomic E-state index is -0.312. The number of hydrogen-bond acceptors (Lipinski definition) is 4. The highest BCUT2D eigenvalue weighted by molar-refractivity contribution is 6.09. The van der Waals surface area contributed by atoms with Crippen LogP contribution in [0.15, 0.2) is 36.4 Å². The number of amides is 2. The normalized spacial score (nSPS) is 10.3. The Hall–Kier alpha value is -3.02. The molecule has 0 aliphatic carbocycles. The molecule has 0 radical (unpaired) electrons. The van der Waals surface area contributed by atoms with Gasteiger partial charge in [-0.2, -0.15) is 0 Å². The zero-order valence-electron chi connectivity index (χ0n) is 16.5. The Morgan fingerprint density at radius 1 is 0.963 bits per heavy atom. The van der Waals surface area contributed by atoms with Crippen molar-refractivity contribution in [2.24, 2.45) is 0 Å². The maximum absolute atomic E-state index is 12.9. The van der Waals surface area contributed by atoms with E-state index in [4.69, 9.17) is 9.47 Å².